The summed E-state index contributed by atoms with van der Waals surface area (Å²) < 4.78 is 4.80. The van der Waals surface area contributed by atoms with Gasteiger partial charge in [-0.1, -0.05) is 6.92 Å². The SMILES string of the molecule is CCNCCC(=O)NCCC(=O)NCCOC. The first-order valence-corrected chi connectivity index (χ1v) is 5.93. The van der Waals surface area contributed by atoms with Crippen LogP contribution in [0.5, 0.6) is 0 Å². The van der Waals surface area contributed by atoms with E-state index in [2.05, 4.69) is 16.0 Å². The number of ether oxygens (including phenoxy) is 1. The third kappa shape index (κ3) is 11.1. The van der Waals surface area contributed by atoms with Gasteiger partial charge in [-0.2, -0.15) is 0 Å². The van der Waals surface area contributed by atoms with Gasteiger partial charge in [0.05, 0.1) is 6.61 Å². The number of methoxy groups -OCH3 is 1. The molecule has 0 heterocycles. The van der Waals surface area contributed by atoms with Gasteiger partial charge in [0.25, 0.3) is 0 Å². The van der Waals surface area contributed by atoms with E-state index in [1.807, 2.05) is 6.92 Å². The molecule has 0 fully saturated rings. The Labute approximate surface area is 102 Å². The Kier molecular flexibility index (Phi) is 10.6. The molecule has 0 aliphatic rings. The number of hydrogen-bond donors (Lipinski definition) is 3. The summed E-state index contributed by atoms with van der Waals surface area (Å²) in [5.41, 5.74) is 0. The topological polar surface area (TPSA) is 79.5 Å². The lowest BCUT2D eigenvalue weighted by atomic mass is 10.3. The molecule has 0 aliphatic carbocycles. The fourth-order valence-corrected chi connectivity index (χ4v) is 1.16. The van der Waals surface area contributed by atoms with Crippen LogP contribution >= 0.6 is 0 Å². The first-order valence-electron chi connectivity index (χ1n) is 5.93. The van der Waals surface area contributed by atoms with E-state index in [1.54, 1.807) is 7.11 Å². The van der Waals surface area contributed by atoms with Crippen LogP contribution in [0.4, 0.5) is 0 Å². The maximum atomic E-state index is 11.3. The highest BCUT2D eigenvalue weighted by molar-refractivity contribution is 5.78. The molecule has 0 unspecified atom stereocenters. The molecule has 0 spiro atoms. The first-order chi connectivity index (χ1) is 8.20. The summed E-state index contributed by atoms with van der Waals surface area (Å²) in [5, 5.41) is 8.43. The van der Waals surface area contributed by atoms with Crippen molar-refractivity contribution in [3.8, 4) is 0 Å². The maximum Gasteiger partial charge on any atom is 0.221 e. The van der Waals surface area contributed by atoms with Gasteiger partial charge in [-0.05, 0) is 6.54 Å². The number of hydrogen-bond acceptors (Lipinski definition) is 4. The third-order valence-electron chi connectivity index (χ3n) is 2.08. The minimum atomic E-state index is -0.0750. The van der Waals surface area contributed by atoms with Crippen LogP contribution in [0.15, 0.2) is 0 Å². The van der Waals surface area contributed by atoms with Crippen molar-refractivity contribution < 1.29 is 14.3 Å². The lowest BCUT2D eigenvalue weighted by Crippen LogP contribution is -2.33. The summed E-state index contributed by atoms with van der Waals surface area (Å²) in [7, 11) is 1.58. The fraction of sp³-hybridized carbons (Fsp3) is 0.818. The van der Waals surface area contributed by atoms with Gasteiger partial charge in [-0.25, -0.2) is 0 Å². The van der Waals surface area contributed by atoms with Crippen molar-refractivity contribution in [1.29, 1.82) is 0 Å². The Morgan fingerprint density at radius 3 is 2.18 bits per heavy atom. The highest BCUT2D eigenvalue weighted by Crippen LogP contribution is 1.81. The third-order valence-corrected chi connectivity index (χ3v) is 2.08. The molecule has 0 rings (SSSR count). The van der Waals surface area contributed by atoms with Crippen molar-refractivity contribution in [3.63, 3.8) is 0 Å². The zero-order chi connectivity index (χ0) is 12.9. The number of amides is 2. The standard InChI is InChI=1S/C11H23N3O3/c1-3-12-6-4-10(15)13-7-5-11(16)14-8-9-17-2/h12H,3-9H2,1-2H3,(H,13,15)(H,14,16). The van der Waals surface area contributed by atoms with E-state index in [-0.39, 0.29) is 11.8 Å². The maximum absolute atomic E-state index is 11.3. The van der Waals surface area contributed by atoms with E-state index < -0.39 is 0 Å². The second-order valence-electron chi connectivity index (χ2n) is 3.55. The van der Waals surface area contributed by atoms with Crippen LogP contribution in [0, 0.1) is 0 Å². The fourth-order valence-electron chi connectivity index (χ4n) is 1.16. The van der Waals surface area contributed by atoms with Gasteiger partial charge in [0.2, 0.25) is 11.8 Å². The van der Waals surface area contributed by atoms with Crippen LogP contribution in [0.25, 0.3) is 0 Å². The van der Waals surface area contributed by atoms with Crippen LogP contribution in [0.1, 0.15) is 19.8 Å². The van der Waals surface area contributed by atoms with E-state index in [0.29, 0.717) is 39.1 Å². The van der Waals surface area contributed by atoms with Gasteiger partial charge in [-0.3, -0.25) is 9.59 Å². The number of nitrogens with one attached hydrogen (secondary N) is 3. The Morgan fingerprint density at radius 2 is 1.59 bits per heavy atom. The average molecular weight is 245 g/mol. The van der Waals surface area contributed by atoms with Crippen LogP contribution in [0.2, 0.25) is 0 Å². The molecule has 6 heteroatoms. The molecule has 0 saturated heterocycles. The summed E-state index contributed by atoms with van der Waals surface area (Å²) in [4.78, 5) is 22.5. The van der Waals surface area contributed by atoms with Crippen LogP contribution in [0.3, 0.4) is 0 Å². The zero-order valence-electron chi connectivity index (χ0n) is 10.7. The van der Waals surface area contributed by atoms with Gasteiger partial charge in [0.15, 0.2) is 0 Å². The Hall–Kier alpha value is -1.14. The molecule has 0 aliphatic heterocycles. The summed E-state index contributed by atoms with van der Waals surface area (Å²) in [6.07, 6.45) is 0.746. The Bertz CT molecular complexity index is 200. The van der Waals surface area contributed by atoms with Crippen molar-refractivity contribution in [2.45, 2.75) is 19.8 Å². The molecule has 0 aromatic rings. The lowest BCUT2D eigenvalue weighted by molar-refractivity contribution is -0.122. The molecule has 2 amide bonds. The smallest absolute Gasteiger partial charge is 0.221 e. The molecular formula is C11H23N3O3. The van der Waals surface area contributed by atoms with Crippen molar-refractivity contribution in [2.24, 2.45) is 0 Å². The zero-order valence-corrected chi connectivity index (χ0v) is 10.7. The number of carbonyl (C=O) groups excluding carboxylic acids is 2. The minimum Gasteiger partial charge on any atom is -0.383 e. The molecule has 3 N–H and O–H groups in total. The van der Waals surface area contributed by atoms with E-state index in [4.69, 9.17) is 4.74 Å². The lowest BCUT2D eigenvalue weighted by Gasteiger charge is -2.06. The van der Waals surface area contributed by atoms with Gasteiger partial charge >= 0.3 is 0 Å². The van der Waals surface area contributed by atoms with E-state index >= 15 is 0 Å². The Balaban J connectivity index is 3.36. The Morgan fingerprint density at radius 1 is 1.00 bits per heavy atom. The van der Waals surface area contributed by atoms with E-state index in [1.165, 1.54) is 0 Å². The normalized spacial score (nSPS) is 10.0. The van der Waals surface area contributed by atoms with Crippen molar-refractivity contribution in [3.05, 3.63) is 0 Å². The first kappa shape index (κ1) is 15.9. The molecule has 100 valence electrons. The van der Waals surface area contributed by atoms with E-state index in [0.717, 1.165) is 6.54 Å². The predicted molar refractivity (Wildman–Crippen MR) is 65.7 cm³/mol. The quantitative estimate of drug-likeness (QED) is 0.443. The van der Waals surface area contributed by atoms with Crippen LogP contribution in [-0.2, 0) is 14.3 Å². The average Bonchev–Trinajstić information content (AvgIpc) is 2.30. The van der Waals surface area contributed by atoms with Crippen molar-refractivity contribution in [1.82, 2.24) is 16.0 Å². The van der Waals surface area contributed by atoms with Gasteiger partial charge in [-0.15, -0.1) is 0 Å². The molecule has 0 aromatic carbocycles. The molecule has 0 radical (unpaired) electrons. The molecular weight excluding hydrogens is 222 g/mol. The summed E-state index contributed by atoms with van der Waals surface area (Å²) in [6, 6.07) is 0. The number of rotatable bonds is 10. The molecule has 0 saturated carbocycles. The second kappa shape index (κ2) is 11.3. The highest BCUT2D eigenvalue weighted by Gasteiger charge is 2.03. The summed E-state index contributed by atoms with van der Waals surface area (Å²) in [5.74, 6) is -0.107. The monoisotopic (exact) mass is 245 g/mol. The summed E-state index contributed by atoms with van der Waals surface area (Å²) in [6.45, 7) is 4.90. The predicted octanol–water partition coefficient (Wildman–Crippen LogP) is -0.745. The largest absolute Gasteiger partial charge is 0.383 e. The van der Waals surface area contributed by atoms with Crippen molar-refractivity contribution >= 4 is 11.8 Å². The molecule has 6 nitrogen and oxygen atoms in total. The minimum absolute atomic E-state index is 0.0318. The molecule has 0 bridgehead atoms. The summed E-state index contributed by atoms with van der Waals surface area (Å²) >= 11 is 0. The molecule has 0 atom stereocenters. The van der Waals surface area contributed by atoms with Gasteiger partial charge < -0.3 is 20.7 Å². The van der Waals surface area contributed by atoms with Crippen LogP contribution < -0.4 is 16.0 Å². The highest BCUT2D eigenvalue weighted by atomic mass is 16.5. The second-order valence-corrected chi connectivity index (χ2v) is 3.55. The number of carbonyl (C=O) groups is 2. The van der Waals surface area contributed by atoms with E-state index in [9.17, 15) is 9.59 Å². The molecule has 0 aromatic heterocycles. The van der Waals surface area contributed by atoms with Crippen LogP contribution in [-0.4, -0.2) is 51.7 Å². The van der Waals surface area contributed by atoms with Gasteiger partial charge in [0.1, 0.15) is 0 Å². The van der Waals surface area contributed by atoms with Crippen molar-refractivity contribution in [2.75, 3.05) is 39.9 Å². The molecule has 17 heavy (non-hydrogen) atoms. The van der Waals surface area contributed by atoms with Gasteiger partial charge in [0, 0.05) is 39.6 Å².